The van der Waals surface area contributed by atoms with Crippen molar-refractivity contribution in [3.8, 4) is 0 Å². The number of thioether (sulfide) groups is 1. The van der Waals surface area contributed by atoms with E-state index >= 15 is 0 Å². The van der Waals surface area contributed by atoms with Gasteiger partial charge in [-0.15, -0.1) is 0 Å². The molecule has 0 aliphatic carbocycles. The molecule has 1 aliphatic heterocycles. The molecule has 1 aromatic carbocycles. The van der Waals surface area contributed by atoms with Gasteiger partial charge in [0.2, 0.25) is 11.8 Å². The van der Waals surface area contributed by atoms with Gasteiger partial charge < -0.3 is 0 Å². The predicted octanol–water partition coefficient (Wildman–Crippen LogP) is 2.38. The van der Waals surface area contributed by atoms with Crippen molar-refractivity contribution in [3.05, 3.63) is 29.8 Å². The minimum absolute atomic E-state index is 0.0417. The number of para-hydroxylation sites is 1. The number of aryl methyl sites for hydroxylation is 1. The quantitative estimate of drug-likeness (QED) is 0.777. The first-order valence-electron chi connectivity index (χ1n) is 5.93. The average Bonchev–Trinajstić information content (AvgIpc) is 2.76. The van der Waals surface area contributed by atoms with Crippen LogP contribution in [0.2, 0.25) is 0 Å². The molecule has 3 amide bonds. The van der Waals surface area contributed by atoms with Crippen LogP contribution in [0.25, 0.3) is 0 Å². The summed E-state index contributed by atoms with van der Waals surface area (Å²) in [5.41, 5.74) is 1.61. The maximum absolute atomic E-state index is 12.1. The van der Waals surface area contributed by atoms with Gasteiger partial charge in [-0.25, -0.2) is 0 Å². The summed E-state index contributed by atoms with van der Waals surface area (Å²) in [6, 6.07) is 7.37. The molecule has 0 N–H and O–H groups in total. The number of rotatable bonds is 4. The summed E-state index contributed by atoms with van der Waals surface area (Å²) in [6.07, 6.45) is 0. The molecule has 7 heteroatoms. The highest BCUT2D eigenvalue weighted by Gasteiger charge is 2.33. The lowest BCUT2D eigenvalue weighted by Gasteiger charge is -2.27. The van der Waals surface area contributed by atoms with Crippen LogP contribution in [0.1, 0.15) is 5.56 Å². The zero-order chi connectivity index (χ0) is 14.7. The third-order valence-electron chi connectivity index (χ3n) is 2.95. The van der Waals surface area contributed by atoms with Crippen LogP contribution in [-0.4, -0.2) is 39.7 Å². The third kappa shape index (κ3) is 3.04. The maximum Gasteiger partial charge on any atom is 0.290 e. The Kier molecular flexibility index (Phi) is 4.82. The lowest BCUT2D eigenvalue weighted by Crippen LogP contribution is -2.44. The first-order chi connectivity index (χ1) is 9.54. The minimum Gasteiger partial charge on any atom is -0.293 e. The Morgan fingerprint density at radius 3 is 2.65 bits per heavy atom. The number of amides is 3. The molecule has 0 spiro atoms. The van der Waals surface area contributed by atoms with Gasteiger partial charge >= 0.3 is 0 Å². The standard InChI is InChI=1S/C13H13BrN2O3S/c1-9-4-2-3-5-10(9)15(11(17)6-14)8-16-12(18)7-20-13(16)19/h2-5H,6-8H2,1H3. The zero-order valence-electron chi connectivity index (χ0n) is 10.8. The first kappa shape index (κ1) is 15.1. The largest absolute Gasteiger partial charge is 0.293 e. The van der Waals surface area contributed by atoms with E-state index in [1.165, 1.54) is 4.90 Å². The second-order valence-corrected chi connectivity index (χ2v) is 5.75. The first-order valence-corrected chi connectivity index (χ1v) is 8.04. The van der Waals surface area contributed by atoms with Gasteiger partial charge in [-0.05, 0) is 18.6 Å². The van der Waals surface area contributed by atoms with Crippen molar-refractivity contribution in [1.82, 2.24) is 4.90 Å². The fourth-order valence-electron chi connectivity index (χ4n) is 1.89. The van der Waals surface area contributed by atoms with Crippen molar-refractivity contribution >= 4 is 50.4 Å². The SMILES string of the molecule is Cc1ccccc1N(CN1C(=O)CSC1=O)C(=O)CBr. The summed E-state index contributed by atoms with van der Waals surface area (Å²) >= 11 is 4.09. The van der Waals surface area contributed by atoms with Gasteiger partial charge in [0.05, 0.1) is 11.1 Å². The van der Waals surface area contributed by atoms with Crippen LogP contribution in [0.15, 0.2) is 24.3 Å². The lowest BCUT2D eigenvalue weighted by molar-refractivity contribution is -0.125. The van der Waals surface area contributed by atoms with E-state index in [0.29, 0.717) is 5.69 Å². The van der Waals surface area contributed by atoms with E-state index in [1.807, 2.05) is 25.1 Å². The van der Waals surface area contributed by atoms with Gasteiger partial charge in [0.1, 0.15) is 6.67 Å². The summed E-state index contributed by atoms with van der Waals surface area (Å²) in [5, 5.41) is -0.180. The number of halogens is 1. The number of imide groups is 1. The second kappa shape index (κ2) is 6.41. The Hall–Kier alpha value is -1.34. The van der Waals surface area contributed by atoms with Crippen LogP contribution in [0.4, 0.5) is 10.5 Å². The highest BCUT2D eigenvalue weighted by atomic mass is 79.9. The van der Waals surface area contributed by atoms with Crippen LogP contribution in [0, 0.1) is 6.92 Å². The smallest absolute Gasteiger partial charge is 0.290 e. The van der Waals surface area contributed by atoms with E-state index < -0.39 is 0 Å². The summed E-state index contributed by atoms with van der Waals surface area (Å²) < 4.78 is 0. The van der Waals surface area contributed by atoms with Crippen LogP contribution in [0.5, 0.6) is 0 Å². The van der Waals surface area contributed by atoms with E-state index in [9.17, 15) is 14.4 Å². The molecule has 20 heavy (non-hydrogen) atoms. The van der Waals surface area contributed by atoms with Crippen molar-refractivity contribution < 1.29 is 14.4 Å². The lowest BCUT2D eigenvalue weighted by atomic mass is 10.2. The summed E-state index contributed by atoms with van der Waals surface area (Å²) in [7, 11) is 0. The van der Waals surface area contributed by atoms with Gasteiger partial charge in [-0.1, -0.05) is 45.9 Å². The third-order valence-corrected chi connectivity index (χ3v) is 4.28. The molecule has 1 aliphatic rings. The molecule has 0 radical (unpaired) electrons. The van der Waals surface area contributed by atoms with Crippen molar-refractivity contribution in [2.45, 2.75) is 6.92 Å². The van der Waals surface area contributed by atoms with Crippen molar-refractivity contribution in [2.75, 3.05) is 22.7 Å². The number of carbonyl (C=O) groups excluding carboxylic acids is 3. The molecule has 1 aromatic rings. The van der Waals surface area contributed by atoms with E-state index in [4.69, 9.17) is 0 Å². The fourth-order valence-corrected chi connectivity index (χ4v) is 2.91. The maximum atomic E-state index is 12.1. The Morgan fingerprint density at radius 1 is 1.40 bits per heavy atom. The summed E-state index contributed by atoms with van der Waals surface area (Å²) in [4.78, 5) is 38.0. The molecule has 0 atom stereocenters. The number of carbonyl (C=O) groups is 3. The summed E-state index contributed by atoms with van der Waals surface area (Å²) in [6.45, 7) is 1.84. The number of hydrogen-bond donors (Lipinski definition) is 0. The van der Waals surface area contributed by atoms with Crippen LogP contribution in [0.3, 0.4) is 0 Å². The Balaban J connectivity index is 2.30. The molecule has 5 nitrogen and oxygen atoms in total. The van der Waals surface area contributed by atoms with Gasteiger partial charge in [0.15, 0.2) is 0 Å². The van der Waals surface area contributed by atoms with Crippen molar-refractivity contribution in [2.24, 2.45) is 0 Å². The fraction of sp³-hybridized carbons (Fsp3) is 0.308. The zero-order valence-corrected chi connectivity index (χ0v) is 13.2. The highest BCUT2D eigenvalue weighted by molar-refractivity contribution is 9.09. The number of alkyl halides is 1. The van der Waals surface area contributed by atoms with Crippen LogP contribution < -0.4 is 4.90 Å². The van der Waals surface area contributed by atoms with E-state index in [0.717, 1.165) is 22.2 Å². The van der Waals surface area contributed by atoms with E-state index in [1.54, 1.807) is 6.07 Å². The van der Waals surface area contributed by atoms with Crippen LogP contribution in [-0.2, 0) is 9.59 Å². The van der Waals surface area contributed by atoms with E-state index in [-0.39, 0.29) is 34.8 Å². The Bertz CT molecular complexity index is 548. The second-order valence-electron chi connectivity index (χ2n) is 4.26. The number of benzene rings is 1. The average molecular weight is 357 g/mol. The monoisotopic (exact) mass is 356 g/mol. The molecule has 0 unspecified atom stereocenters. The van der Waals surface area contributed by atoms with E-state index in [2.05, 4.69) is 15.9 Å². The molecule has 0 saturated carbocycles. The highest BCUT2D eigenvalue weighted by Crippen LogP contribution is 2.24. The van der Waals surface area contributed by atoms with Gasteiger partial charge in [-0.3, -0.25) is 24.2 Å². The molecule has 1 heterocycles. The van der Waals surface area contributed by atoms with Gasteiger partial charge in [-0.2, -0.15) is 0 Å². The minimum atomic E-state index is -0.309. The molecule has 0 bridgehead atoms. The van der Waals surface area contributed by atoms with Gasteiger partial charge in [0, 0.05) is 5.69 Å². The van der Waals surface area contributed by atoms with Gasteiger partial charge in [0.25, 0.3) is 5.24 Å². The molecule has 2 rings (SSSR count). The molecule has 1 saturated heterocycles. The van der Waals surface area contributed by atoms with Crippen molar-refractivity contribution in [3.63, 3.8) is 0 Å². The van der Waals surface area contributed by atoms with Crippen LogP contribution >= 0.6 is 27.7 Å². The normalized spacial score (nSPS) is 14.8. The predicted molar refractivity (Wildman–Crippen MR) is 82.0 cm³/mol. The number of hydrogen-bond acceptors (Lipinski definition) is 4. The molecular formula is C13H13BrN2O3S. The molecule has 1 fully saturated rings. The number of anilines is 1. The summed E-state index contributed by atoms with van der Waals surface area (Å²) in [5.74, 6) is -0.319. The van der Waals surface area contributed by atoms with Crippen molar-refractivity contribution in [1.29, 1.82) is 0 Å². The molecular weight excluding hydrogens is 344 g/mol. The Labute approximate surface area is 129 Å². The molecule has 106 valence electrons. The number of nitrogens with zero attached hydrogens (tertiary/aromatic N) is 2. The Morgan fingerprint density at radius 2 is 2.10 bits per heavy atom. The topological polar surface area (TPSA) is 57.7 Å². The molecule has 0 aromatic heterocycles.